The standard InChI is InChI=1S/C22H29N3O/c1-24(2)17-19-6-9-20(10-7-19)21-5-3-4-16-25(21)22(26)11-8-18-12-14-23-15-13-18/h6-7,9-10,12-15,21H,3-5,8,11,16-17H2,1-2H3/t21-/m1/s1. The van der Waals surface area contributed by atoms with Crippen LogP contribution >= 0.6 is 0 Å². The molecule has 2 heterocycles. The van der Waals surface area contributed by atoms with Gasteiger partial charge in [-0.25, -0.2) is 0 Å². The topological polar surface area (TPSA) is 36.4 Å². The first-order valence-corrected chi connectivity index (χ1v) is 9.55. The van der Waals surface area contributed by atoms with Crippen molar-refractivity contribution in [3.8, 4) is 0 Å². The molecular weight excluding hydrogens is 322 g/mol. The van der Waals surface area contributed by atoms with Gasteiger partial charge in [0, 0.05) is 31.9 Å². The zero-order chi connectivity index (χ0) is 18.4. The number of nitrogens with zero attached hydrogens (tertiary/aromatic N) is 3. The van der Waals surface area contributed by atoms with E-state index >= 15 is 0 Å². The van der Waals surface area contributed by atoms with Gasteiger partial charge in [0.1, 0.15) is 0 Å². The van der Waals surface area contributed by atoms with Crippen molar-refractivity contribution in [2.75, 3.05) is 20.6 Å². The van der Waals surface area contributed by atoms with Gasteiger partial charge in [0.2, 0.25) is 5.91 Å². The summed E-state index contributed by atoms with van der Waals surface area (Å²) in [6.45, 7) is 1.82. The average Bonchev–Trinajstić information content (AvgIpc) is 2.67. The Kier molecular flexibility index (Phi) is 6.40. The Morgan fingerprint density at radius 1 is 1.08 bits per heavy atom. The average molecular weight is 351 g/mol. The third-order valence-corrected chi connectivity index (χ3v) is 5.06. The quantitative estimate of drug-likeness (QED) is 0.794. The van der Waals surface area contributed by atoms with Gasteiger partial charge in [-0.1, -0.05) is 24.3 Å². The fourth-order valence-electron chi connectivity index (χ4n) is 3.73. The van der Waals surface area contributed by atoms with Crippen molar-refractivity contribution in [1.29, 1.82) is 0 Å². The fourth-order valence-corrected chi connectivity index (χ4v) is 3.73. The molecular formula is C22H29N3O. The van der Waals surface area contributed by atoms with E-state index in [0.717, 1.165) is 32.4 Å². The minimum atomic E-state index is 0.224. The molecule has 0 spiro atoms. The SMILES string of the molecule is CN(C)Cc1ccc([C@H]2CCCCN2C(=O)CCc2ccncc2)cc1. The first kappa shape index (κ1) is 18.6. The van der Waals surface area contributed by atoms with Crippen LogP contribution in [0.4, 0.5) is 0 Å². The third-order valence-electron chi connectivity index (χ3n) is 5.06. The summed E-state index contributed by atoms with van der Waals surface area (Å²) in [5, 5.41) is 0. The van der Waals surface area contributed by atoms with Crippen LogP contribution in [-0.2, 0) is 17.8 Å². The Labute approximate surface area is 156 Å². The lowest BCUT2D eigenvalue weighted by atomic mass is 9.94. The van der Waals surface area contributed by atoms with Crippen molar-refractivity contribution in [3.05, 3.63) is 65.5 Å². The largest absolute Gasteiger partial charge is 0.336 e. The number of amides is 1. The number of aryl methyl sites for hydroxylation is 1. The Bertz CT molecular complexity index is 697. The van der Waals surface area contributed by atoms with E-state index in [1.165, 1.54) is 23.1 Å². The zero-order valence-corrected chi connectivity index (χ0v) is 15.9. The molecule has 4 nitrogen and oxygen atoms in total. The normalized spacial score (nSPS) is 17.5. The molecule has 1 saturated heterocycles. The van der Waals surface area contributed by atoms with Gasteiger partial charge in [0.25, 0.3) is 0 Å². The highest BCUT2D eigenvalue weighted by Gasteiger charge is 2.27. The number of pyridine rings is 1. The second kappa shape index (κ2) is 8.95. The van der Waals surface area contributed by atoms with E-state index in [4.69, 9.17) is 0 Å². The number of carbonyl (C=O) groups is 1. The smallest absolute Gasteiger partial charge is 0.223 e. The predicted octanol–water partition coefficient (Wildman–Crippen LogP) is 3.83. The molecule has 1 amide bonds. The van der Waals surface area contributed by atoms with Crippen molar-refractivity contribution in [2.24, 2.45) is 0 Å². The summed E-state index contributed by atoms with van der Waals surface area (Å²) in [4.78, 5) is 21.2. The number of aromatic nitrogens is 1. The Balaban J connectivity index is 1.66. The van der Waals surface area contributed by atoms with Gasteiger partial charge in [-0.2, -0.15) is 0 Å². The molecule has 0 radical (unpaired) electrons. The highest BCUT2D eigenvalue weighted by molar-refractivity contribution is 5.77. The number of rotatable bonds is 6. The van der Waals surface area contributed by atoms with Gasteiger partial charge in [-0.3, -0.25) is 9.78 Å². The van der Waals surface area contributed by atoms with E-state index in [0.29, 0.717) is 6.42 Å². The number of piperidine rings is 1. The van der Waals surface area contributed by atoms with Gasteiger partial charge in [-0.15, -0.1) is 0 Å². The van der Waals surface area contributed by atoms with Gasteiger partial charge in [0.15, 0.2) is 0 Å². The molecule has 1 fully saturated rings. The van der Waals surface area contributed by atoms with E-state index in [9.17, 15) is 4.79 Å². The number of hydrogen-bond acceptors (Lipinski definition) is 3. The van der Waals surface area contributed by atoms with Gasteiger partial charge >= 0.3 is 0 Å². The second-order valence-electron chi connectivity index (χ2n) is 7.43. The molecule has 0 bridgehead atoms. The molecule has 1 aromatic carbocycles. The lowest BCUT2D eigenvalue weighted by molar-refractivity contribution is -0.135. The van der Waals surface area contributed by atoms with Crippen LogP contribution in [0.5, 0.6) is 0 Å². The molecule has 0 saturated carbocycles. The second-order valence-corrected chi connectivity index (χ2v) is 7.43. The molecule has 138 valence electrons. The molecule has 4 heteroatoms. The number of carbonyl (C=O) groups excluding carboxylic acids is 1. The van der Waals surface area contributed by atoms with E-state index in [-0.39, 0.29) is 11.9 Å². The predicted molar refractivity (Wildman–Crippen MR) is 105 cm³/mol. The number of hydrogen-bond donors (Lipinski definition) is 0. The highest BCUT2D eigenvalue weighted by Crippen LogP contribution is 2.31. The number of likely N-dealkylation sites (tertiary alicyclic amines) is 1. The Morgan fingerprint density at radius 2 is 1.81 bits per heavy atom. The molecule has 0 unspecified atom stereocenters. The molecule has 26 heavy (non-hydrogen) atoms. The van der Waals surface area contributed by atoms with Crippen LogP contribution in [0.25, 0.3) is 0 Å². The van der Waals surface area contributed by atoms with Crippen LogP contribution in [0.1, 0.15) is 48.4 Å². The minimum Gasteiger partial charge on any atom is -0.336 e. The van der Waals surface area contributed by atoms with Crippen molar-refractivity contribution in [1.82, 2.24) is 14.8 Å². The van der Waals surface area contributed by atoms with Crippen molar-refractivity contribution in [2.45, 2.75) is 44.7 Å². The van der Waals surface area contributed by atoms with E-state index < -0.39 is 0 Å². The Hall–Kier alpha value is -2.20. The van der Waals surface area contributed by atoms with E-state index in [1.54, 1.807) is 12.4 Å². The van der Waals surface area contributed by atoms with E-state index in [2.05, 4.69) is 53.1 Å². The maximum absolute atomic E-state index is 12.9. The van der Waals surface area contributed by atoms with Crippen LogP contribution in [-0.4, -0.2) is 41.3 Å². The molecule has 1 aliphatic rings. The summed E-state index contributed by atoms with van der Waals surface area (Å²) >= 11 is 0. The molecule has 1 aliphatic heterocycles. The van der Waals surface area contributed by atoms with Crippen LogP contribution in [0.2, 0.25) is 0 Å². The molecule has 3 rings (SSSR count). The van der Waals surface area contributed by atoms with Crippen LogP contribution in [0, 0.1) is 0 Å². The van der Waals surface area contributed by atoms with Crippen LogP contribution in [0.3, 0.4) is 0 Å². The van der Waals surface area contributed by atoms with Gasteiger partial charge in [-0.05, 0) is 68.6 Å². The molecule has 0 N–H and O–H groups in total. The summed E-state index contributed by atoms with van der Waals surface area (Å²) in [6.07, 6.45) is 8.30. The van der Waals surface area contributed by atoms with Gasteiger partial charge < -0.3 is 9.80 Å². The molecule has 1 atom stereocenters. The van der Waals surface area contributed by atoms with Crippen LogP contribution < -0.4 is 0 Å². The maximum Gasteiger partial charge on any atom is 0.223 e. The van der Waals surface area contributed by atoms with Crippen molar-refractivity contribution < 1.29 is 4.79 Å². The van der Waals surface area contributed by atoms with Crippen LogP contribution in [0.15, 0.2) is 48.8 Å². The monoisotopic (exact) mass is 351 g/mol. The summed E-state index contributed by atoms with van der Waals surface area (Å²) in [5.74, 6) is 0.267. The van der Waals surface area contributed by atoms with Crippen molar-refractivity contribution in [3.63, 3.8) is 0 Å². The highest BCUT2D eigenvalue weighted by atomic mass is 16.2. The maximum atomic E-state index is 12.9. The third kappa shape index (κ3) is 4.92. The first-order valence-electron chi connectivity index (χ1n) is 9.55. The molecule has 0 aliphatic carbocycles. The molecule has 2 aromatic rings. The lowest BCUT2D eigenvalue weighted by Crippen LogP contribution is -2.38. The fraction of sp³-hybridized carbons (Fsp3) is 0.455. The first-order chi connectivity index (χ1) is 12.6. The molecule has 1 aromatic heterocycles. The Morgan fingerprint density at radius 3 is 2.50 bits per heavy atom. The van der Waals surface area contributed by atoms with Gasteiger partial charge in [0.05, 0.1) is 6.04 Å². The lowest BCUT2D eigenvalue weighted by Gasteiger charge is -2.36. The number of benzene rings is 1. The summed E-state index contributed by atoms with van der Waals surface area (Å²) in [7, 11) is 4.16. The zero-order valence-electron chi connectivity index (χ0n) is 15.9. The minimum absolute atomic E-state index is 0.224. The summed E-state index contributed by atoms with van der Waals surface area (Å²) in [5.41, 5.74) is 3.75. The summed E-state index contributed by atoms with van der Waals surface area (Å²) in [6, 6.07) is 13.0. The van der Waals surface area contributed by atoms with E-state index in [1.807, 2.05) is 12.1 Å². The van der Waals surface area contributed by atoms with Crippen molar-refractivity contribution >= 4 is 5.91 Å². The summed E-state index contributed by atoms with van der Waals surface area (Å²) < 4.78 is 0.